The average molecular weight is 249 g/mol. The first-order valence-corrected chi connectivity index (χ1v) is 5.90. The van der Waals surface area contributed by atoms with Crippen molar-refractivity contribution in [2.24, 2.45) is 7.05 Å². The highest BCUT2D eigenvalue weighted by Crippen LogP contribution is 1.79. The zero-order valence-electron chi connectivity index (χ0n) is 9.37. The Morgan fingerprint density at radius 3 is 2.25 bits per heavy atom. The molecule has 0 saturated carbocycles. The summed E-state index contributed by atoms with van der Waals surface area (Å²) in [5, 5.41) is 0. The van der Waals surface area contributed by atoms with Crippen molar-refractivity contribution < 1.29 is 22.3 Å². The van der Waals surface area contributed by atoms with E-state index in [0.29, 0.717) is 0 Å². The Kier molecular flexibility index (Phi) is 5.68. The molecule has 0 atom stereocenters. The lowest BCUT2D eigenvalue weighted by Gasteiger charge is -2.04. The van der Waals surface area contributed by atoms with Crippen molar-refractivity contribution in [2.45, 2.75) is 20.4 Å². The van der Waals surface area contributed by atoms with Gasteiger partial charge < -0.3 is 4.55 Å². The van der Waals surface area contributed by atoms with E-state index in [1.807, 2.05) is 17.8 Å². The van der Waals surface area contributed by atoms with Gasteiger partial charge in [0.1, 0.15) is 12.4 Å². The molecule has 0 aromatic carbocycles. The van der Waals surface area contributed by atoms with Crippen LogP contribution in [0.4, 0.5) is 0 Å². The van der Waals surface area contributed by atoms with Crippen molar-refractivity contribution in [3.63, 3.8) is 0 Å². The summed E-state index contributed by atoms with van der Waals surface area (Å²) in [6.45, 7) is 4.12. The molecule has 1 amide bonds. The van der Waals surface area contributed by atoms with Gasteiger partial charge in [0.2, 0.25) is 12.2 Å². The molecule has 1 aromatic rings. The van der Waals surface area contributed by atoms with Crippen LogP contribution in [0, 0.1) is 0 Å². The highest BCUT2D eigenvalue weighted by Gasteiger charge is 1.93. The topological polar surface area (TPSA) is 95.1 Å². The Balaban J connectivity index is 0.000000281. The summed E-state index contributed by atoms with van der Waals surface area (Å²) in [6.07, 6.45) is 6.14. The molecule has 1 rings (SSSR count). The van der Waals surface area contributed by atoms with Gasteiger partial charge in [-0.05, 0) is 6.92 Å². The van der Waals surface area contributed by atoms with Crippen LogP contribution >= 0.6 is 0 Å². The molecule has 0 aliphatic rings. The summed E-state index contributed by atoms with van der Waals surface area (Å²) in [4.78, 5) is 9.77. The van der Waals surface area contributed by atoms with Gasteiger partial charge in [0.05, 0.1) is 13.6 Å². The lowest BCUT2D eigenvalue weighted by molar-refractivity contribution is -0.671. The molecule has 0 aliphatic carbocycles. The molecule has 0 radical (unpaired) electrons. The summed E-state index contributed by atoms with van der Waals surface area (Å²) in [7, 11) is -2.55. The van der Waals surface area contributed by atoms with Crippen LogP contribution in [0.3, 0.4) is 0 Å². The second-order valence-corrected chi connectivity index (χ2v) is 4.13. The maximum atomic E-state index is 9.77. The van der Waals surface area contributed by atoms with Crippen LogP contribution in [-0.4, -0.2) is 23.4 Å². The van der Waals surface area contributed by atoms with E-state index in [-0.39, 0.29) is 0 Å². The van der Waals surface area contributed by atoms with Gasteiger partial charge in [-0.15, -0.1) is 0 Å². The van der Waals surface area contributed by atoms with Gasteiger partial charge in [0.15, 0.2) is 10.3 Å². The Labute approximate surface area is 94.6 Å². The van der Waals surface area contributed by atoms with E-state index in [1.54, 1.807) is 0 Å². The van der Waals surface area contributed by atoms with E-state index >= 15 is 0 Å². The Morgan fingerprint density at radius 2 is 2.12 bits per heavy atom. The molecular weight excluding hydrogens is 234 g/mol. The zero-order valence-corrected chi connectivity index (χ0v) is 10.2. The van der Waals surface area contributed by atoms with Gasteiger partial charge in [-0.25, -0.2) is 17.6 Å². The van der Waals surface area contributed by atoms with Crippen LogP contribution in [0.1, 0.15) is 13.8 Å². The van der Waals surface area contributed by atoms with Gasteiger partial charge in [-0.2, -0.15) is 0 Å². The smallest absolute Gasteiger partial charge is 0.243 e. The number of carbonyl (C=O) groups excluding carboxylic acids is 1. The molecule has 0 spiro atoms. The molecule has 1 aromatic heterocycles. The molecule has 0 aliphatic heterocycles. The van der Waals surface area contributed by atoms with E-state index < -0.39 is 16.2 Å². The average Bonchev–Trinajstić information content (AvgIpc) is 2.47. The van der Waals surface area contributed by atoms with Crippen LogP contribution in [0.5, 0.6) is 0 Å². The van der Waals surface area contributed by atoms with E-state index in [0.717, 1.165) is 18.2 Å². The fourth-order valence-corrected chi connectivity index (χ4v) is 1.22. The van der Waals surface area contributed by atoms with Crippen LogP contribution in [0.25, 0.3) is 0 Å². The number of amides is 1. The van der Waals surface area contributed by atoms with Crippen LogP contribution < -0.4 is 9.29 Å². The minimum atomic E-state index is -4.57. The standard InChI is InChI=1S/C6H11N2.C2H5NO4S/c1-3-8-5-4-7(2)6-8;1-2(4)3-8(5,6)7/h4-6H,3H2,1-2H3;1H3,(H,3,4)(H,5,6,7)/q+1;/p-1. The fraction of sp³-hybridized carbons (Fsp3) is 0.500. The van der Waals surface area contributed by atoms with Crippen molar-refractivity contribution in [1.82, 2.24) is 9.29 Å². The van der Waals surface area contributed by atoms with Crippen molar-refractivity contribution in [1.29, 1.82) is 0 Å². The first kappa shape index (κ1) is 14.6. The first-order chi connectivity index (χ1) is 7.24. The monoisotopic (exact) mass is 249 g/mol. The number of aryl methyl sites for hydroxylation is 2. The molecule has 1 N–H and O–H groups in total. The van der Waals surface area contributed by atoms with Crippen molar-refractivity contribution in [2.75, 3.05) is 0 Å². The molecule has 0 unspecified atom stereocenters. The number of carbonyl (C=O) groups is 1. The molecule has 0 fully saturated rings. The third-order valence-electron chi connectivity index (χ3n) is 1.46. The highest BCUT2D eigenvalue weighted by molar-refractivity contribution is 7.84. The molecule has 1 heterocycles. The third-order valence-corrected chi connectivity index (χ3v) is 2.00. The molecule has 8 heteroatoms. The number of nitrogens with one attached hydrogen (secondary N) is 1. The molecule has 16 heavy (non-hydrogen) atoms. The molecule has 92 valence electrons. The summed E-state index contributed by atoms with van der Waals surface area (Å²) in [5.41, 5.74) is 0. The fourth-order valence-electron chi connectivity index (χ4n) is 0.865. The summed E-state index contributed by atoms with van der Waals surface area (Å²) < 4.78 is 34.0. The maximum absolute atomic E-state index is 9.77. The Hall–Kier alpha value is -1.41. The number of hydrogen-bond donors (Lipinski definition) is 1. The highest BCUT2D eigenvalue weighted by atomic mass is 32.2. The summed E-state index contributed by atoms with van der Waals surface area (Å²) >= 11 is 0. The van der Waals surface area contributed by atoms with Crippen LogP contribution in [0.15, 0.2) is 18.7 Å². The Bertz CT molecular complexity index is 438. The number of nitrogens with zero attached hydrogens (tertiary/aromatic N) is 2. The quantitative estimate of drug-likeness (QED) is 0.532. The van der Waals surface area contributed by atoms with E-state index in [1.165, 1.54) is 0 Å². The number of imidazole rings is 1. The SMILES string of the molecule is CC(=O)NS(=O)(=O)[O-].CCn1cc[n+](C)c1. The van der Waals surface area contributed by atoms with Gasteiger partial charge in [-0.3, -0.25) is 9.52 Å². The van der Waals surface area contributed by atoms with Crippen LogP contribution in [-0.2, 0) is 28.7 Å². The number of hydrogen-bond acceptors (Lipinski definition) is 4. The normalized spacial score (nSPS) is 10.2. The number of aromatic nitrogens is 2. The second kappa shape index (κ2) is 6.23. The van der Waals surface area contributed by atoms with Crippen molar-refractivity contribution in [3.8, 4) is 0 Å². The lowest BCUT2D eigenvalue weighted by Crippen LogP contribution is -2.27. The van der Waals surface area contributed by atoms with Crippen molar-refractivity contribution in [3.05, 3.63) is 18.7 Å². The lowest BCUT2D eigenvalue weighted by atomic mass is 10.7. The molecule has 0 saturated heterocycles. The summed E-state index contributed by atoms with van der Waals surface area (Å²) in [6, 6.07) is 0. The minimum absolute atomic E-state index is 0.875. The zero-order chi connectivity index (χ0) is 12.8. The maximum Gasteiger partial charge on any atom is 0.243 e. The van der Waals surface area contributed by atoms with Gasteiger partial charge >= 0.3 is 0 Å². The third kappa shape index (κ3) is 7.94. The Morgan fingerprint density at radius 1 is 1.56 bits per heavy atom. The first-order valence-electron chi connectivity index (χ1n) is 4.49. The molecule has 7 nitrogen and oxygen atoms in total. The minimum Gasteiger partial charge on any atom is -0.731 e. The van der Waals surface area contributed by atoms with E-state index in [4.69, 9.17) is 0 Å². The van der Waals surface area contributed by atoms with Crippen LogP contribution in [0.2, 0.25) is 0 Å². The van der Waals surface area contributed by atoms with E-state index in [2.05, 4.69) is 24.0 Å². The summed E-state index contributed by atoms with van der Waals surface area (Å²) in [5.74, 6) is -0.875. The predicted molar refractivity (Wildman–Crippen MR) is 54.8 cm³/mol. The molecule has 0 bridgehead atoms. The van der Waals surface area contributed by atoms with Gasteiger partial charge in [0.25, 0.3) is 0 Å². The predicted octanol–water partition coefficient (Wildman–Crippen LogP) is -1.08. The van der Waals surface area contributed by atoms with Crippen molar-refractivity contribution >= 4 is 16.2 Å². The number of rotatable bonds is 2. The van der Waals surface area contributed by atoms with E-state index in [9.17, 15) is 17.8 Å². The second-order valence-electron chi connectivity index (χ2n) is 3.02. The largest absolute Gasteiger partial charge is 0.731 e. The van der Waals surface area contributed by atoms with Gasteiger partial charge in [-0.1, -0.05) is 0 Å². The van der Waals surface area contributed by atoms with Gasteiger partial charge in [0, 0.05) is 6.92 Å². The molecular formula is C8H15N3O4S.